The highest BCUT2D eigenvalue weighted by Gasteiger charge is 2.19. The van der Waals surface area contributed by atoms with Crippen LogP contribution in [0.4, 0.5) is 4.79 Å². The fraction of sp³-hybridized carbons (Fsp3) is 0.556. The number of rotatable bonds is 7. The first-order valence-corrected chi connectivity index (χ1v) is 10.3. The molecule has 158 valence electrons. The lowest BCUT2D eigenvalue weighted by Crippen LogP contribution is -2.40. The molecule has 2 aromatic heterocycles. The van der Waals surface area contributed by atoms with Crippen LogP contribution in [0.3, 0.4) is 0 Å². The maximum Gasteiger partial charge on any atom is 0.332 e. The Morgan fingerprint density at radius 2 is 1.90 bits per heavy atom. The Bertz CT molecular complexity index is 1040. The fourth-order valence-corrected chi connectivity index (χ4v) is 3.51. The van der Waals surface area contributed by atoms with Crippen LogP contribution in [0.5, 0.6) is 0 Å². The Morgan fingerprint density at radius 1 is 1.21 bits per heavy atom. The molecule has 0 spiro atoms. The van der Waals surface area contributed by atoms with Crippen molar-refractivity contribution in [3.63, 3.8) is 0 Å². The summed E-state index contributed by atoms with van der Waals surface area (Å²) in [6, 6.07) is -0.567. The molecule has 10 nitrogen and oxygen atoms in total. The number of urea groups is 1. The molecule has 3 amide bonds. The van der Waals surface area contributed by atoms with Crippen molar-refractivity contribution >= 4 is 34.7 Å². The molecular formula is C18H26N6O4S. The number of fused-ring (bicyclic) bond motifs is 1. The van der Waals surface area contributed by atoms with E-state index in [1.165, 1.54) is 11.6 Å². The summed E-state index contributed by atoms with van der Waals surface area (Å²) in [6.45, 7) is 8.33. The number of nitrogens with one attached hydrogen (secondary N) is 2. The van der Waals surface area contributed by atoms with Gasteiger partial charge in [-0.1, -0.05) is 32.5 Å². The van der Waals surface area contributed by atoms with Gasteiger partial charge in [-0.15, -0.1) is 0 Å². The van der Waals surface area contributed by atoms with Crippen molar-refractivity contribution in [1.29, 1.82) is 0 Å². The van der Waals surface area contributed by atoms with Gasteiger partial charge in [0.25, 0.3) is 5.56 Å². The molecule has 0 bridgehead atoms. The topological polar surface area (TPSA) is 128 Å². The van der Waals surface area contributed by atoms with E-state index in [1.807, 2.05) is 20.8 Å². The molecule has 0 aliphatic rings. The van der Waals surface area contributed by atoms with Crippen LogP contribution < -0.4 is 21.9 Å². The summed E-state index contributed by atoms with van der Waals surface area (Å²) in [4.78, 5) is 57.6. The molecule has 29 heavy (non-hydrogen) atoms. The van der Waals surface area contributed by atoms with Crippen LogP contribution in [0.25, 0.3) is 11.0 Å². The number of carbonyl (C=O) groups is 2. The van der Waals surface area contributed by atoms with Crippen LogP contribution >= 0.6 is 11.8 Å². The van der Waals surface area contributed by atoms with Crippen molar-refractivity contribution in [2.24, 2.45) is 13.0 Å². The molecule has 0 radical (unpaired) electrons. The smallest absolute Gasteiger partial charge is 0.332 e. The summed E-state index contributed by atoms with van der Waals surface area (Å²) in [5.41, 5.74) is -0.716. The molecule has 0 aromatic carbocycles. The molecule has 0 aliphatic heterocycles. The molecule has 0 saturated heterocycles. The van der Waals surface area contributed by atoms with Gasteiger partial charge < -0.3 is 5.32 Å². The minimum absolute atomic E-state index is 0.114. The third kappa shape index (κ3) is 5.43. The van der Waals surface area contributed by atoms with Crippen LogP contribution in [0, 0.1) is 12.8 Å². The number of hydrogen-bond acceptors (Lipinski definition) is 7. The van der Waals surface area contributed by atoms with Gasteiger partial charge in [-0.25, -0.2) is 19.6 Å². The highest BCUT2D eigenvalue weighted by atomic mass is 32.2. The maximum atomic E-state index is 12.8. The van der Waals surface area contributed by atoms with Crippen LogP contribution in [0.1, 0.15) is 33.0 Å². The van der Waals surface area contributed by atoms with Gasteiger partial charge in [-0.05, 0) is 19.3 Å². The minimum Gasteiger partial charge on any atom is -0.338 e. The summed E-state index contributed by atoms with van der Waals surface area (Å²) in [5, 5.41) is 5.27. The highest BCUT2D eigenvalue weighted by molar-refractivity contribution is 8.00. The van der Waals surface area contributed by atoms with Crippen LogP contribution in [0.2, 0.25) is 0 Å². The first kappa shape index (κ1) is 22.6. The number of aromatic nitrogens is 4. The Balaban J connectivity index is 2.40. The maximum absolute atomic E-state index is 12.8. The Hall–Kier alpha value is -2.69. The van der Waals surface area contributed by atoms with Gasteiger partial charge in [0.15, 0.2) is 5.65 Å². The fourth-order valence-electron chi connectivity index (χ4n) is 2.65. The summed E-state index contributed by atoms with van der Waals surface area (Å²) in [6.07, 6.45) is 0.754. The average molecular weight is 423 g/mol. The second-order valence-electron chi connectivity index (χ2n) is 7.02. The van der Waals surface area contributed by atoms with E-state index in [4.69, 9.17) is 0 Å². The average Bonchev–Trinajstić information content (AvgIpc) is 2.65. The first-order valence-electron chi connectivity index (χ1n) is 9.34. The molecule has 2 N–H and O–H groups in total. The predicted octanol–water partition coefficient (Wildman–Crippen LogP) is 0.783. The van der Waals surface area contributed by atoms with E-state index < -0.39 is 23.2 Å². The Kier molecular flexibility index (Phi) is 7.54. The van der Waals surface area contributed by atoms with Crippen molar-refractivity contribution in [2.75, 3.05) is 12.3 Å². The van der Waals surface area contributed by atoms with Crippen molar-refractivity contribution in [1.82, 2.24) is 29.7 Å². The van der Waals surface area contributed by atoms with Crippen molar-refractivity contribution in [3.05, 3.63) is 26.7 Å². The molecule has 2 rings (SSSR count). The second kappa shape index (κ2) is 9.68. The Morgan fingerprint density at radius 3 is 2.52 bits per heavy atom. The van der Waals surface area contributed by atoms with Gasteiger partial charge in [0.1, 0.15) is 16.2 Å². The van der Waals surface area contributed by atoms with Gasteiger partial charge in [0.05, 0.1) is 5.75 Å². The van der Waals surface area contributed by atoms with E-state index in [9.17, 15) is 19.2 Å². The van der Waals surface area contributed by atoms with Crippen LogP contribution in [-0.2, 0) is 18.4 Å². The lowest BCUT2D eigenvalue weighted by Gasteiger charge is -2.15. The largest absolute Gasteiger partial charge is 0.338 e. The van der Waals surface area contributed by atoms with Gasteiger partial charge in [0.2, 0.25) is 5.91 Å². The highest BCUT2D eigenvalue weighted by Crippen LogP contribution is 2.22. The van der Waals surface area contributed by atoms with E-state index in [0.29, 0.717) is 23.9 Å². The zero-order valence-electron chi connectivity index (χ0n) is 17.2. The molecule has 11 heteroatoms. The lowest BCUT2D eigenvalue weighted by atomic mass is 10.2. The summed E-state index contributed by atoms with van der Waals surface area (Å²) < 4.78 is 2.48. The normalized spacial score (nSPS) is 11.1. The molecule has 0 atom stereocenters. The van der Waals surface area contributed by atoms with E-state index >= 15 is 0 Å². The number of amides is 3. The Labute approximate surface area is 172 Å². The van der Waals surface area contributed by atoms with Crippen LogP contribution in [0.15, 0.2) is 14.6 Å². The van der Waals surface area contributed by atoms with Gasteiger partial charge >= 0.3 is 11.7 Å². The van der Waals surface area contributed by atoms with E-state index in [0.717, 1.165) is 22.7 Å². The molecule has 0 saturated carbocycles. The van der Waals surface area contributed by atoms with Gasteiger partial charge in [0, 0.05) is 20.1 Å². The number of imide groups is 1. The van der Waals surface area contributed by atoms with Gasteiger partial charge in [-0.3, -0.25) is 24.0 Å². The number of nitrogens with zero attached hydrogens (tertiary/aromatic N) is 4. The summed E-state index contributed by atoms with van der Waals surface area (Å²) in [7, 11) is 1.40. The molecule has 0 aliphatic carbocycles. The zero-order valence-corrected chi connectivity index (χ0v) is 18.1. The molecule has 2 heterocycles. The second-order valence-corrected chi connectivity index (χ2v) is 7.98. The summed E-state index contributed by atoms with van der Waals surface area (Å²) >= 11 is 1.02. The quantitative estimate of drug-likeness (QED) is 0.498. The van der Waals surface area contributed by atoms with Crippen molar-refractivity contribution in [3.8, 4) is 0 Å². The number of hydrogen-bond donors (Lipinski definition) is 2. The number of carbonyl (C=O) groups excluding carboxylic acids is 2. The number of aryl methyl sites for hydroxylation is 1. The van der Waals surface area contributed by atoms with E-state index in [2.05, 4.69) is 20.6 Å². The first-order chi connectivity index (χ1) is 13.6. The van der Waals surface area contributed by atoms with Crippen LogP contribution in [-0.4, -0.2) is 43.3 Å². The third-order valence-corrected chi connectivity index (χ3v) is 4.91. The molecular weight excluding hydrogens is 396 g/mol. The van der Waals surface area contributed by atoms with Crippen molar-refractivity contribution < 1.29 is 9.59 Å². The molecule has 0 fully saturated rings. The van der Waals surface area contributed by atoms with E-state index in [1.54, 1.807) is 6.92 Å². The minimum atomic E-state index is -0.567. The predicted molar refractivity (Wildman–Crippen MR) is 111 cm³/mol. The lowest BCUT2D eigenvalue weighted by molar-refractivity contribution is -0.117. The standard InChI is InChI=1S/C18H26N6O4S/c1-6-7-19-17(27)22-12(25)9-29-15-13-14(20-11(4)21-15)24(8-10(2)3)18(28)23(5)16(13)26/h10H,6-9H2,1-5H3,(H2,19,22,25,27). The SMILES string of the molecule is CCCNC(=O)NC(=O)CSc1nc(C)nc2c1c(=O)n(C)c(=O)n2CC(C)C. The summed E-state index contributed by atoms with van der Waals surface area (Å²) in [5.74, 6) is -0.0869. The van der Waals surface area contributed by atoms with Gasteiger partial charge in [-0.2, -0.15) is 0 Å². The number of thioether (sulfide) groups is 1. The third-order valence-electron chi connectivity index (χ3n) is 3.94. The molecule has 0 unspecified atom stereocenters. The van der Waals surface area contributed by atoms with Crippen molar-refractivity contribution in [2.45, 2.75) is 45.7 Å². The van der Waals surface area contributed by atoms with E-state index in [-0.39, 0.29) is 22.7 Å². The zero-order chi connectivity index (χ0) is 21.7. The monoisotopic (exact) mass is 422 g/mol. The molecule has 2 aromatic rings.